The quantitative estimate of drug-likeness (QED) is 0.830. The fourth-order valence-corrected chi connectivity index (χ4v) is 4.42. The molecule has 1 aromatic carbocycles. The van der Waals surface area contributed by atoms with E-state index >= 15 is 0 Å². The van der Waals surface area contributed by atoms with Gasteiger partial charge in [-0.3, -0.25) is 15.0 Å². The number of urea groups is 1. The minimum atomic E-state index is -0.372. The number of nitrogens with zero attached hydrogens (tertiary/aromatic N) is 1. The van der Waals surface area contributed by atoms with Gasteiger partial charge in [0.05, 0.1) is 19.8 Å². The highest BCUT2D eigenvalue weighted by Crippen LogP contribution is 2.37. The zero-order chi connectivity index (χ0) is 19.3. The number of benzene rings is 1. The van der Waals surface area contributed by atoms with Crippen LogP contribution in [0.2, 0.25) is 0 Å². The second-order valence-electron chi connectivity index (χ2n) is 7.89. The van der Waals surface area contributed by atoms with Crippen LogP contribution in [0.25, 0.3) is 0 Å². The summed E-state index contributed by atoms with van der Waals surface area (Å²) in [4.78, 5) is 26.6. The summed E-state index contributed by atoms with van der Waals surface area (Å²) in [5.74, 6) is 1.31. The lowest BCUT2D eigenvalue weighted by Gasteiger charge is -2.25. The first-order chi connectivity index (χ1) is 13.7. The van der Waals surface area contributed by atoms with Crippen molar-refractivity contribution in [1.82, 2.24) is 15.5 Å². The van der Waals surface area contributed by atoms with E-state index in [1.807, 2.05) is 12.1 Å². The van der Waals surface area contributed by atoms with Crippen LogP contribution in [-0.2, 0) is 4.79 Å². The predicted molar refractivity (Wildman–Crippen MR) is 105 cm³/mol. The highest BCUT2D eigenvalue weighted by Gasteiger charge is 2.29. The molecule has 2 fully saturated rings. The first-order valence-corrected chi connectivity index (χ1v) is 10.4. The molecule has 4 rings (SSSR count). The number of carbonyl (C=O) groups excluding carboxylic acids is 2. The zero-order valence-electron chi connectivity index (χ0n) is 16.2. The summed E-state index contributed by atoms with van der Waals surface area (Å²) in [7, 11) is 0. The maximum Gasteiger partial charge on any atom is 0.321 e. The lowest BCUT2D eigenvalue weighted by molar-refractivity contribution is -0.121. The highest BCUT2D eigenvalue weighted by atomic mass is 16.5. The van der Waals surface area contributed by atoms with Gasteiger partial charge < -0.3 is 14.8 Å². The SMILES string of the molecule is O=C(CN1CCC[C@@H]1c1ccc2c(c1)OCCCO2)NC(=O)NC1CCCC1. The van der Waals surface area contributed by atoms with Crippen LogP contribution in [0.5, 0.6) is 11.5 Å². The Labute approximate surface area is 165 Å². The standard InChI is InChI=1S/C21H29N3O4/c25-20(23-21(26)22-16-5-1-2-6-16)14-24-10-3-7-17(24)15-8-9-18-19(13-15)28-12-4-11-27-18/h8-9,13,16-17H,1-7,10-12,14H2,(H2,22,23,25,26)/t17-/m1/s1. The summed E-state index contributed by atoms with van der Waals surface area (Å²) in [5, 5.41) is 5.39. The van der Waals surface area contributed by atoms with Gasteiger partial charge >= 0.3 is 6.03 Å². The van der Waals surface area contributed by atoms with Crippen molar-refractivity contribution in [2.24, 2.45) is 0 Å². The lowest BCUT2D eigenvalue weighted by atomic mass is 10.0. The van der Waals surface area contributed by atoms with Crippen LogP contribution in [0.15, 0.2) is 18.2 Å². The van der Waals surface area contributed by atoms with Crippen LogP contribution < -0.4 is 20.1 Å². The zero-order valence-corrected chi connectivity index (χ0v) is 16.2. The number of fused-ring (bicyclic) bond motifs is 1. The van der Waals surface area contributed by atoms with E-state index in [9.17, 15) is 9.59 Å². The number of ether oxygens (including phenoxy) is 2. The van der Waals surface area contributed by atoms with Gasteiger partial charge in [-0.05, 0) is 49.9 Å². The first kappa shape index (κ1) is 19.1. The Hall–Kier alpha value is -2.28. The third-order valence-electron chi connectivity index (χ3n) is 5.81. The van der Waals surface area contributed by atoms with E-state index in [4.69, 9.17) is 9.47 Å². The van der Waals surface area contributed by atoms with Crippen LogP contribution in [0.3, 0.4) is 0 Å². The molecular formula is C21H29N3O4. The summed E-state index contributed by atoms with van der Waals surface area (Å²) in [6, 6.07) is 6.04. The summed E-state index contributed by atoms with van der Waals surface area (Å²) >= 11 is 0. The number of hydrogen-bond acceptors (Lipinski definition) is 5. The first-order valence-electron chi connectivity index (χ1n) is 10.4. The van der Waals surface area contributed by atoms with Crippen LogP contribution >= 0.6 is 0 Å². The average molecular weight is 387 g/mol. The molecule has 7 heteroatoms. The molecule has 0 aromatic heterocycles. The van der Waals surface area contributed by atoms with Gasteiger partial charge in [0.15, 0.2) is 11.5 Å². The molecule has 2 heterocycles. The van der Waals surface area contributed by atoms with Crippen molar-refractivity contribution in [3.8, 4) is 11.5 Å². The van der Waals surface area contributed by atoms with E-state index in [1.165, 1.54) is 0 Å². The molecule has 7 nitrogen and oxygen atoms in total. The Morgan fingerprint density at radius 1 is 1.00 bits per heavy atom. The molecule has 3 aliphatic rings. The van der Waals surface area contributed by atoms with Gasteiger partial charge in [0.2, 0.25) is 5.91 Å². The van der Waals surface area contributed by atoms with Gasteiger partial charge in [0.1, 0.15) is 0 Å². The average Bonchev–Trinajstić information content (AvgIpc) is 3.28. The monoisotopic (exact) mass is 387 g/mol. The second kappa shape index (κ2) is 8.82. The van der Waals surface area contributed by atoms with Gasteiger partial charge in [0, 0.05) is 18.5 Å². The second-order valence-corrected chi connectivity index (χ2v) is 7.89. The number of imide groups is 1. The number of rotatable bonds is 4. The maximum atomic E-state index is 12.4. The number of nitrogens with one attached hydrogen (secondary N) is 2. The molecule has 2 N–H and O–H groups in total. The van der Waals surface area contributed by atoms with E-state index in [-0.39, 0.29) is 30.6 Å². The Kier molecular flexibility index (Phi) is 6.00. The summed E-state index contributed by atoms with van der Waals surface area (Å²) in [6.45, 7) is 2.39. The molecular weight excluding hydrogens is 358 g/mol. The van der Waals surface area contributed by atoms with E-state index in [0.717, 1.165) is 68.6 Å². The van der Waals surface area contributed by atoms with Crippen LogP contribution in [-0.4, -0.2) is 49.2 Å². The van der Waals surface area contributed by atoms with Crippen LogP contribution in [0.4, 0.5) is 4.79 Å². The van der Waals surface area contributed by atoms with E-state index < -0.39 is 0 Å². The van der Waals surface area contributed by atoms with Crippen molar-refractivity contribution >= 4 is 11.9 Å². The Morgan fingerprint density at radius 2 is 1.79 bits per heavy atom. The largest absolute Gasteiger partial charge is 0.490 e. The lowest BCUT2D eigenvalue weighted by Crippen LogP contribution is -2.46. The minimum absolute atomic E-state index is 0.154. The maximum absolute atomic E-state index is 12.4. The van der Waals surface area contributed by atoms with E-state index in [0.29, 0.717) is 13.2 Å². The van der Waals surface area contributed by atoms with Gasteiger partial charge in [-0.15, -0.1) is 0 Å². The van der Waals surface area contributed by atoms with Crippen LogP contribution in [0, 0.1) is 0 Å². The van der Waals surface area contributed by atoms with Crippen molar-refractivity contribution in [1.29, 1.82) is 0 Å². The topological polar surface area (TPSA) is 79.9 Å². The fraction of sp³-hybridized carbons (Fsp3) is 0.619. The van der Waals surface area contributed by atoms with Crippen molar-refractivity contribution in [2.45, 2.75) is 57.0 Å². The van der Waals surface area contributed by atoms with Gasteiger partial charge in [-0.1, -0.05) is 18.9 Å². The molecule has 152 valence electrons. The number of amides is 3. The smallest absolute Gasteiger partial charge is 0.321 e. The molecule has 28 heavy (non-hydrogen) atoms. The highest BCUT2D eigenvalue weighted by molar-refractivity contribution is 5.95. The van der Waals surface area contributed by atoms with E-state index in [1.54, 1.807) is 0 Å². The van der Waals surface area contributed by atoms with Gasteiger partial charge in [0.25, 0.3) is 0 Å². The number of carbonyl (C=O) groups is 2. The van der Waals surface area contributed by atoms with Crippen molar-refractivity contribution in [3.63, 3.8) is 0 Å². The molecule has 2 aliphatic heterocycles. The normalized spacial score (nSPS) is 22.6. The summed E-state index contributed by atoms with van der Waals surface area (Å²) < 4.78 is 11.5. The minimum Gasteiger partial charge on any atom is -0.490 e. The van der Waals surface area contributed by atoms with E-state index in [2.05, 4.69) is 21.6 Å². The van der Waals surface area contributed by atoms with Gasteiger partial charge in [-0.25, -0.2) is 4.79 Å². The molecule has 1 saturated carbocycles. The molecule has 0 bridgehead atoms. The molecule has 3 amide bonds. The van der Waals surface area contributed by atoms with Crippen molar-refractivity contribution in [3.05, 3.63) is 23.8 Å². The summed E-state index contributed by atoms with van der Waals surface area (Å²) in [6.07, 6.45) is 7.18. The third-order valence-corrected chi connectivity index (χ3v) is 5.81. The Bertz CT molecular complexity index is 718. The van der Waals surface area contributed by atoms with Gasteiger partial charge in [-0.2, -0.15) is 0 Å². The number of likely N-dealkylation sites (tertiary alicyclic amines) is 1. The third kappa shape index (κ3) is 4.58. The molecule has 0 unspecified atom stereocenters. The molecule has 1 aliphatic carbocycles. The Balaban J connectivity index is 1.35. The molecule has 1 atom stereocenters. The summed E-state index contributed by atoms with van der Waals surface area (Å²) in [5.41, 5.74) is 1.13. The fourth-order valence-electron chi connectivity index (χ4n) is 4.42. The Morgan fingerprint density at radius 3 is 2.61 bits per heavy atom. The predicted octanol–water partition coefficient (Wildman–Crippen LogP) is 2.75. The van der Waals surface area contributed by atoms with Crippen molar-refractivity contribution in [2.75, 3.05) is 26.3 Å². The van der Waals surface area contributed by atoms with Crippen molar-refractivity contribution < 1.29 is 19.1 Å². The molecule has 1 aromatic rings. The molecule has 0 radical (unpaired) electrons. The van der Waals surface area contributed by atoms with Crippen LogP contribution in [0.1, 0.15) is 56.6 Å². The molecule has 1 saturated heterocycles. The molecule has 0 spiro atoms. The number of hydrogen-bond donors (Lipinski definition) is 2.